The van der Waals surface area contributed by atoms with Gasteiger partial charge in [-0.05, 0) is 50.1 Å². The molecule has 134 valence electrons. The lowest BCUT2D eigenvalue weighted by Gasteiger charge is -2.20. The highest BCUT2D eigenvalue weighted by atomic mass is 19.1. The average Bonchev–Trinajstić information content (AvgIpc) is 2.57. The van der Waals surface area contributed by atoms with Gasteiger partial charge >= 0.3 is 0 Å². The first kappa shape index (κ1) is 17.8. The van der Waals surface area contributed by atoms with E-state index < -0.39 is 0 Å². The second-order valence-electron chi connectivity index (χ2n) is 6.54. The predicted molar refractivity (Wildman–Crippen MR) is 102 cm³/mol. The van der Waals surface area contributed by atoms with E-state index in [0.29, 0.717) is 16.7 Å². The Bertz CT molecular complexity index is 964. The van der Waals surface area contributed by atoms with Crippen LogP contribution < -0.4 is 10.2 Å². The summed E-state index contributed by atoms with van der Waals surface area (Å²) in [7, 11) is 1.75. The van der Waals surface area contributed by atoms with Crippen LogP contribution in [-0.2, 0) is 4.79 Å². The lowest BCUT2D eigenvalue weighted by molar-refractivity contribution is -0.114. The van der Waals surface area contributed by atoms with E-state index in [4.69, 9.17) is 0 Å². The second-order valence-corrected chi connectivity index (χ2v) is 6.54. The molecular weight excluding hydrogens is 331 g/mol. The molecule has 0 atom stereocenters. The molecule has 0 aliphatic rings. The molecule has 0 spiro atoms. The van der Waals surface area contributed by atoms with Crippen LogP contribution in [0.3, 0.4) is 0 Å². The number of amides is 1. The third-order valence-electron chi connectivity index (χ3n) is 4.26. The van der Waals surface area contributed by atoms with Crippen molar-refractivity contribution in [1.29, 1.82) is 0 Å². The molecule has 0 aliphatic carbocycles. The Kier molecular flexibility index (Phi) is 4.84. The minimum atomic E-state index is -0.364. The van der Waals surface area contributed by atoms with Gasteiger partial charge in [-0.3, -0.25) is 4.79 Å². The lowest BCUT2D eigenvalue weighted by Crippen LogP contribution is -2.31. The number of halogens is 1. The maximum atomic E-state index is 13.6. The van der Waals surface area contributed by atoms with Gasteiger partial charge in [0.05, 0.1) is 12.1 Å². The van der Waals surface area contributed by atoms with Crippen LogP contribution in [0.1, 0.15) is 16.7 Å². The molecule has 2 aromatic carbocycles. The number of nitrogens with one attached hydrogen (secondary N) is 1. The van der Waals surface area contributed by atoms with Crippen LogP contribution >= 0.6 is 0 Å². The summed E-state index contributed by atoms with van der Waals surface area (Å²) in [6.07, 6.45) is 1.41. The minimum absolute atomic E-state index is 0.0926. The van der Waals surface area contributed by atoms with Crippen LogP contribution in [0.2, 0.25) is 0 Å². The molecule has 0 saturated heterocycles. The Hall–Kier alpha value is -3.02. The SMILES string of the molecule is Cc1cc(C)c(NC(=O)CN(C)c2ncnc3ccc(F)cc23)c(C)c1. The highest BCUT2D eigenvalue weighted by Gasteiger charge is 2.14. The zero-order valence-electron chi connectivity index (χ0n) is 15.3. The second kappa shape index (κ2) is 7.07. The third-order valence-corrected chi connectivity index (χ3v) is 4.26. The van der Waals surface area contributed by atoms with Crippen LogP contribution in [-0.4, -0.2) is 29.5 Å². The Balaban J connectivity index is 1.81. The van der Waals surface area contributed by atoms with E-state index in [1.54, 1.807) is 18.0 Å². The standard InChI is InChI=1S/C20H21FN4O/c1-12-7-13(2)19(14(3)8-12)24-18(26)10-25(4)20-16-9-15(21)5-6-17(16)22-11-23-20/h5-9,11H,10H2,1-4H3,(H,24,26). The highest BCUT2D eigenvalue weighted by molar-refractivity contribution is 5.97. The quantitative estimate of drug-likeness (QED) is 0.776. The number of hydrogen-bond donors (Lipinski definition) is 1. The summed E-state index contributed by atoms with van der Waals surface area (Å²) < 4.78 is 13.6. The van der Waals surface area contributed by atoms with Crippen LogP contribution in [0.4, 0.5) is 15.9 Å². The van der Waals surface area contributed by atoms with Crippen molar-refractivity contribution in [2.24, 2.45) is 0 Å². The van der Waals surface area contributed by atoms with Gasteiger partial charge in [0.15, 0.2) is 0 Å². The number of anilines is 2. The van der Waals surface area contributed by atoms with Gasteiger partial charge in [-0.25, -0.2) is 14.4 Å². The molecule has 0 saturated carbocycles. The number of likely N-dealkylation sites (N-methyl/N-ethyl adjacent to an activating group) is 1. The number of aromatic nitrogens is 2. The van der Waals surface area contributed by atoms with Gasteiger partial charge in [-0.1, -0.05) is 17.7 Å². The molecule has 3 aromatic rings. The Morgan fingerprint density at radius 3 is 2.50 bits per heavy atom. The molecule has 3 rings (SSSR count). The largest absolute Gasteiger partial charge is 0.350 e. The summed E-state index contributed by atoms with van der Waals surface area (Å²) in [4.78, 5) is 22.6. The van der Waals surface area contributed by atoms with Gasteiger partial charge in [0.1, 0.15) is 18.0 Å². The van der Waals surface area contributed by atoms with Gasteiger partial charge in [-0.15, -0.1) is 0 Å². The molecule has 5 nitrogen and oxygen atoms in total. The Morgan fingerprint density at radius 1 is 1.12 bits per heavy atom. The molecule has 6 heteroatoms. The Morgan fingerprint density at radius 2 is 1.81 bits per heavy atom. The summed E-state index contributed by atoms with van der Waals surface area (Å²) in [5.41, 5.74) is 4.66. The van der Waals surface area contributed by atoms with Crippen molar-refractivity contribution in [3.63, 3.8) is 0 Å². The van der Waals surface area contributed by atoms with E-state index in [-0.39, 0.29) is 18.3 Å². The first-order valence-corrected chi connectivity index (χ1v) is 8.34. The summed E-state index contributed by atoms with van der Waals surface area (Å²) in [5.74, 6) is -0.00924. The van der Waals surface area contributed by atoms with E-state index in [1.807, 2.05) is 32.9 Å². The van der Waals surface area contributed by atoms with E-state index in [1.165, 1.54) is 18.5 Å². The fourth-order valence-electron chi connectivity index (χ4n) is 3.17. The number of hydrogen-bond acceptors (Lipinski definition) is 4. The zero-order chi connectivity index (χ0) is 18.8. The number of aryl methyl sites for hydroxylation is 3. The number of rotatable bonds is 4. The number of carbonyl (C=O) groups is 1. The third kappa shape index (κ3) is 3.64. The summed E-state index contributed by atoms with van der Waals surface area (Å²) >= 11 is 0. The molecule has 1 amide bonds. The van der Waals surface area contributed by atoms with E-state index in [0.717, 1.165) is 22.4 Å². The Labute approximate surface area is 151 Å². The van der Waals surface area contributed by atoms with Crippen molar-refractivity contribution in [2.75, 3.05) is 23.8 Å². The molecule has 26 heavy (non-hydrogen) atoms. The van der Waals surface area contributed by atoms with Crippen molar-refractivity contribution >= 4 is 28.3 Å². The smallest absolute Gasteiger partial charge is 0.243 e. The highest BCUT2D eigenvalue weighted by Crippen LogP contribution is 2.24. The summed E-state index contributed by atoms with van der Waals surface area (Å²) in [6, 6.07) is 8.41. The summed E-state index contributed by atoms with van der Waals surface area (Å²) in [6.45, 7) is 6.06. The van der Waals surface area contributed by atoms with E-state index in [2.05, 4.69) is 15.3 Å². The van der Waals surface area contributed by atoms with Crippen LogP contribution in [0.5, 0.6) is 0 Å². The fourth-order valence-corrected chi connectivity index (χ4v) is 3.17. The number of fused-ring (bicyclic) bond motifs is 1. The molecule has 0 unspecified atom stereocenters. The molecule has 1 heterocycles. The average molecular weight is 352 g/mol. The van der Waals surface area contributed by atoms with Crippen LogP contribution in [0, 0.1) is 26.6 Å². The molecule has 0 fully saturated rings. The topological polar surface area (TPSA) is 58.1 Å². The molecular formula is C20H21FN4O. The maximum absolute atomic E-state index is 13.6. The molecule has 0 aliphatic heterocycles. The molecule has 1 N–H and O–H groups in total. The monoisotopic (exact) mass is 352 g/mol. The van der Waals surface area contributed by atoms with Gasteiger partial charge in [-0.2, -0.15) is 0 Å². The van der Waals surface area contributed by atoms with Crippen LogP contribution in [0.25, 0.3) is 10.9 Å². The predicted octanol–water partition coefficient (Wildman–Crippen LogP) is 3.77. The normalized spacial score (nSPS) is 10.8. The van der Waals surface area contributed by atoms with Gasteiger partial charge < -0.3 is 10.2 Å². The van der Waals surface area contributed by atoms with Crippen molar-refractivity contribution in [1.82, 2.24) is 9.97 Å². The van der Waals surface area contributed by atoms with Crippen molar-refractivity contribution in [3.8, 4) is 0 Å². The fraction of sp³-hybridized carbons (Fsp3) is 0.250. The van der Waals surface area contributed by atoms with Gasteiger partial charge in [0.25, 0.3) is 0 Å². The van der Waals surface area contributed by atoms with Crippen LogP contribution in [0.15, 0.2) is 36.7 Å². The molecule has 0 bridgehead atoms. The zero-order valence-corrected chi connectivity index (χ0v) is 15.3. The first-order valence-electron chi connectivity index (χ1n) is 8.34. The van der Waals surface area contributed by atoms with Gasteiger partial charge in [0, 0.05) is 18.1 Å². The van der Waals surface area contributed by atoms with Crippen molar-refractivity contribution in [2.45, 2.75) is 20.8 Å². The van der Waals surface area contributed by atoms with E-state index >= 15 is 0 Å². The number of carbonyl (C=O) groups excluding carboxylic acids is 1. The lowest BCUT2D eigenvalue weighted by atomic mass is 10.1. The number of benzene rings is 2. The van der Waals surface area contributed by atoms with Crippen molar-refractivity contribution in [3.05, 3.63) is 59.2 Å². The first-order chi connectivity index (χ1) is 12.3. The van der Waals surface area contributed by atoms with E-state index in [9.17, 15) is 9.18 Å². The van der Waals surface area contributed by atoms with Gasteiger partial charge in [0.2, 0.25) is 5.91 Å². The minimum Gasteiger partial charge on any atom is -0.350 e. The number of nitrogens with zero attached hydrogens (tertiary/aromatic N) is 3. The maximum Gasteiger partial charge on any atom is 0.243 e. The molecule has 1 aromatic heterocycles. The molecule has 0 radical (unpaired) electrons. The van der Waals surface area contributed by atoms with Crippen molar-refractivity contribution < 1.29 is 9.18 Å². The summed E-state index contributed by atoms with van der Waals surface area (Å²) in [5, 5.41) is 3.54.